The van der Waals surface area contributed by atoms with Crippen molar-refractivity contribution in [3.05, 3.63) is 48.5 Å². The molecule has 2 aromatic heterocycles. The zero-order chi connectivity index (χ0) is 23.2. The number of piperidine rings is 1. The lowest BCUT2D eigenvalue weighted by Crippen LogP contribution is -2.39. The quantitative estimate of drug-likeness (QED) is 0.468. The van der Waals surface area contributed by atoms with E-state index in [0.29, 0.717) is 5.76 Å². The Morgan fingerprint density at radius 1 is 1.06 bits per heavy atom. The molecule has 4 heterocycles. The molecule has 0 bridgehead atoms. The summed E-state index contributed by atoms with van der Waals surface area (Å²) >= 11 is 0. The van der Waals surface area contributed by atoms with Crippen molar-refractivity contribution < 1.29 is 13.9 Å². The number of morpholine rings is 1. The molecule has 9 heteroatoms. The van der Waals surface area contributed by atoms with E-state index >= 15 is 0 Å². The molecule has 0 unspecified atom stereocenters. The monoisotopic (exact) mass is 464 g/mol. The Hall–Kier alpha value is -3.30. The molecule has 2 fully saturated rings. The summed E-state index contributed by atoms with van der Waals surface area (Å²) in [5.41, 5.74) is 3.71. The average Bonchev–Trinajstić information content (AvgIpc) is 3.59. The molecule has 0 saturated carbocycles. The van der Waals surface area contributed by atoms with Crippen LogP contribution in [-0.4, -0.2) is 73.5 Å². The Balaban J connectivity index is 1.28. The van der Waals surface area contributed by atoms with Gasteiger partial charge < -0.3 is 24.7 Å². The van der Waals surface area contributed by atoms with Gasteiger partial charge in [-0.25, -0.2) is 0 Å². The standard InChI is InChI=1S/C25H32N6O3/c32-25(24-7-6-23(34-24)19-17-27-28-18-19)29-21-5-4-20(16-22(21)31-9-2-1-3-10-31)26-8-11-30-12-14-33-15-13-30/h4-7,16-18,26H,1-3,8-15H2,(H,27,28)(H,29,32). The van der Waals surface area contributed by atoms with E-state index in [4.69, 9.17) is 9.15 Å². The second-order valence-electron chi connectivity index (χ2n) is 8.77. The molecular formula is C25H32N6O3. The number of nitrogens with zero attached hydrogens (tertiary/aromatic N) is 3. The first-order chi connectivity index (χ1) is 16.8. The highest BCUT2D eigenvalue weighted by Gasteiger charge is 2.19. The summed E-state index contributed by atoms with van der Waals surface area (Å²) < 4.78 is 11.2. The smallest absolute Gasteiger partial charge is 0.291 e. The molecule has 3 aromatic rings. The molecule has 2 aliphatic rings. The number of benzene rings is 1. The van der Waals surface area contributed by atoms with Gasteiger partial charge in [-0.05, 0) is 49.6 Å². The van der Waals surface area contributed by atoms with Crippen molar-refractivity contribution in [2.75, 3.05) is 68.0 Å². The third-order valence-corrected chi connectivity index (χ3v) is 6.42. The zero-order valence-corrected chi connectivity index (χ0v) is 19.4. The van der Waals surface area contributed by atoms with Gasteiger partial charge in [0.25, 0.3) is 5.91 Å². The number of carbonyl (C=O) groups is 1. The Labute approximate surface area is 199 Å². The number of aromatic amines is 1. The lowest BCUT2D eigenvalue weighted by molar-refractivity contribution is 0.0398. The summed E-state index contributed by atoms with van der Waals surface area (Å²) in [5.74, 6) is 0.615. The fraction of sp³-hybridized carbons (Fsp3) is 0.440. The summed E-state index contributed by atoms with van der Waals surface area (Å²) in [6.07, 6.45) is 6.97. The highest BCUT2D eigenvalue weighted by molar-refractivity contribution is 6.04. The molecule has 5 rings (SSSR count). The first-order valence-corrected chi connectivity index (χ1v) is 12.1. The second kappa shape index (κ2) is 10.8. The van der Waals surface area contributed by atoms with Crippen molar-refractivity contribution >= 4 is 23.0 Å². The molecule has 0 spiro atoms. The van der Waals surface area contributed by atoms with E-state index in [1.807, 2.05) is 12.1 Å². The molecule has 2 saturated heterocycles. The SMILES string of the molecule is O=C(Nc1ccc(NCCN2CCOCC2)cc1N1CCCCC1)c1ccc(-c2cn[nH]c2)o1. The number of amides is 1. The molecular weight excluding hydrogens is 432 g/mol. The maximum atomic E-state index is 13.0. The third kappa shape index (κ3) is 5.43. The van der Waals surface area contributed by atoms with E-state index in [1.165, 1.54) is 6.42 Å². The predicted octanol–water partition coefficient (Wildman–Crippen LogP) is 3.66. The summed E-state index contributed by atoms with van der Waals surface area (Å²) in [5, 5.41) is 13.3. The number of carbonyl (C=O) groups excluding carboxylic acids is 1. The third-order valence-electron chi connectivity index (χ3n) is 6.42. The maximum absolute atomic E-state index is 13.0. The molecule has 3 N–H and O–H groups in total. The largest absolute Gasteiger partial charge is 0.451 e. The molecule has 2 aliphatic heterocycles. The van der Waals surface area contributed by atoms with Crippen molar-refractivity contribution in [2.24, 2.45) is 0 Å². The fourth-order valence-corrected chi connectivity index (χ4v) is 4.51. The number of furan rings is 1. The van der Waals surface area contributed by atoms with E-state index in [0.717, 1.165) is 87.9 Å². The van der Waals surface area contributed by atoms with Gasteiger partial charge in [0.1, 0.15) is 5.76 Å². The average molecular weight is 465 g/mol. The van der Waals surface area contributed by atoms with Crippen LogP contribution in [0.1, 0.15) is 29.8 Å². The molecule has 0 radical (unpaired) electrons. The Morgan fingerprint density at radius 2 is 1.91 bits per heavy atom. The Bertz CT molecular complexity index is 1070. The van der Waals surface area contributed by atoms with Crippen LogP contribution in [-0.2, 0) is 4.74 Å². The van der Waals surface area contributed by atoms with Crippen molar-refractivity contribution in [2.45, 2.75) is 19.3 Å². The van der Waals surface area contributed by atoms with Gasteiger partial charge in [0.15, 0.2) is 5.76 Å². The summed E-state index contributed by atoms with van der Waals surface area (Å²) in [4.78, 5) is 17.8. The molecule has 9 nitrogen and oxygen atoms in total. The number of ether oxygens (including phenoxy) is 1. The second-order valence-corrected chi connectivity index (χ2v) is 8.77. The topological polar surface area (TPSA) is 98.7 Å². The number of nitrogens with one attached hydrogen (secondary N) is 3. The van der Waals surface area contributed by atoms with Crippen LogP contribution in [0.2, 0.25) is 0 Å². The predicted molar refractivity (Wildman–Crippen MR) is 132 cm³/mol. The van der Waals surface area contributed by atoms with E-state index in [1.54, 1.807) is 24.5 Å². The minimum atomic E-state index is -0.263. The van der Waals surface area contributed by atoms with Crippen LogP contribution in [0.5, 0.6) is 0 Å². The molecule has 180 valence electrons. The molecule has 0 aliphatic carbocycles. The highest BCUT2D eigenvalue weighted by Crippen LogP contribution is 2.32. The first kappa shape index (κ1) is 22.5. The van der Waals surface area contributed by atoms with Crippen LogP contribution in [0, 0.1) is 0 Å². The van der Waals surface area contributed by atoms with Crippen molar-refractivity contribution in [3.8, 4) is 11.3 Å². The summed E-state index contributed by atoms with van der Waals surface area (Å²) in [6, 6.07) is 9.64. The fourth-order valence-electron chi connectivity index (χ4n) is 4.51. The summed E-state index contributed by atoms with van der Waals surface area (Å²) in [6.45, 7) is 7.44. The molecule has 1 aromatic carbocycles. The van der Waals surface area contributed by atoms with Gasteiger partial charge in [0.05, 0.1) is 36.3 Å². The van der Waals surface area contributed by atoms with Crippen LogP contribution in [0.15, 0.2) is 47.1 Å². The highest BCUT2D eigenvalue weighted by atomic mass is 16.5. The zero-order valence-electron chi connectivity index (χ0n) is 19.4. The van der Waals surface area contributed by atoms with Crippen LogP contribution in [0.3, 0.4) is 0 Å². The number of hydrogen-bond acceptors (Lipinski definition) is 7. The van der Waals surface area contributed by atoms with Crippen LogP contribution >= 0.6 is 0 Å². The van der Waals surface area contributed by atoms with E-state index in [2.05, 4.69) is 36.7 Å². The first-order valence-electron chi connectivity index (χ1n) is 12.1. The number of aromatic nitrogens is 2. The van der Waals surface area contributed by atoms with E-state index in [9.17, 15) is 4.79 Å². The van der Waals surface area contributed by atoms with Gasteiger partial charge in [-0.1, -0.05) is 0 Å². The van der Waals surface area contributed by atoms with Crippen molar-refractivity contribution in [3.63, 3.8) is 0 Å². The molecule has 0 atom stereocenters. The lowest BCUT2D eigenvalue weighted by atomic mass is 10.1. The van der Waals surface area contributed by atoms with Gasteiger partial charge in [-0.2, -0.15) is 5.10 Å². The number of H-pyrrole nitrogens is 1. The Kier molecular flexibility index (Phi) is 7.11. The summed E-state index contributed by atoms with van der Waals surface area (Å²) in [7, 11) is 0. The van der Waals surface area contributed by atoms with Crippen LogP contribution < -0.4 is 15.5 Å². The minimum Gasteiger partial charge on any atom is -0.451 e. The molecule has 34 heavy (non-hydrogen) atoms. The minimum absolute atomic E-state index is 0.263. The maximum Gasteiger partial charge on any atom is 0.291 e. The van der Waals surface area contributed by atoms with Gasteiger partial charge in [0, 0.05) is 51.2 Å². The van der Waals surface area contributed by atoms with Gasteiger partial charge in [-0.3, -0.25) is 14.8 Å². The van der Waals surface area contributed by atoms with Gasteiger partial charge >= 0.3 is 0 Å². The Morgan fingerprint density at radius 3 is 2.71 bits per heavy atom. The number of hydrogen-bond donors (Lipinski definition) is 3. The van der Waals surface area contributed by atoms with Crippen LogP contribution in [0.25, 0.3) is 11.3 Å². The van der Waals surface area contributed by atoms with Crippen LogP contribution in [0.4, 0.5) is 17.1 Å². The normalized spacial score (nSPS) is 17.0. The van der Waals surface area contributed by atoms with E-state index in [-0.39, 0.29) is 11.7 Å². The van der Waals surface area contributed by atoms with Gasteiger partial charge in [0.2, 0.25) is 0 Å². The number of anilines is 3. The van der Waals surface area contributed by atoms with Crippen molar-refractivity contribution in [1.29, 1.82) is 0 Å². The molecule has 1 amide bonds. The van der Waals surface area contributed by atoms with Gasteiger partial charge in [-0.15, -0.1) is 0 Å². The number of rotatable bonds is 8. The van der Waals surface area contributed by atoms with E-state index < -0.39 is 0 Å². The van der Waals surface area contributed by atoms with Crippen molar-refractivity contribution in [1.82, 2.24) is 15.1 Å². The lowest BCUT2D eigenvalue weighted by Gasteiger charge is -2.31.